The monoisotopic (exact) mass is 652 g/mol. The van der Waals surface area contributed by atoms with E-state index in [0.29, 0.717) is 58.0 Å². The fourth-order valence-corrected chi connectivity index (χ4v) is 5.45. The summed E-state index contributed by atoms with van der Waals surface area (Å²) < 4.78 is 23.1. The minimum Gasteiger partial charge on any atom is -0.490 e. The molecule has 11 heteroatoms. The molecule has 4 aromatic rings. The molecular formula is C36H36N4O6S. The van der Waals surface area contributed by atoms with Gasteiger partial charge in [-0.25, -0.2) is 10.2 Å². The van der Waals surface area contributed by atoms with Crippen LogP contribution in [0.1, 0.15) is 43.5 Å². The summed E-state index contributed by atoms with van der Waals surface area (Å²) >= 11 is 5.34. The van der Waals surface area contributed by atoms with Gasteiger partial charge in [0.05, 0.1) is 31.0 Å². The first-order valence-corrected chi connectivity index (χ1v) is 15.6. The van der Waals surface area contributed by atoms with Crippen molar-refractivity contribution in [3.8, 4) is 17.2 Å². The SMILES string of the molecule is CCOC(=O)C1=C(C)NC(=S)N[C@H]1c1ccccc1OCC(=O)NN=Cc1ccc(OCc2cccc3ccccc23)c(OCC)c1. The molecule has 1 atom stereocenters. The van der Waals surface area contributed by atoms with Crippen molar-refractivity contribution in [3.63, 3.8) is 0 Å². The molecule has 10 nitrogen and oxygen atoms in total. The zero-order valence-electron chi connectivity index (χ0n) is 26.4. The van der Waals surface area contributed by atoms with Crippen LogP contribution in [0.15, 0.2) is 101 Å². The first-order valence-electron chi connectivity index (χ1n) is 15.2. The number of hydrazone groups is 1. The van der Waals surface area contributed by atoms with Crippen molar-refractivity contribution in [1.29, 1.82) is 0 Å². The predicted molar refractivity (Wildman–Crippen MR) is 185 cm³/mol. The number of nitrogens with zero attached hydrogens (tertiary/aromatic N) is 1. The van der Waals surface area contributed by atoms with Crippen LogP contribution in [0, 0.1) is 0 Å². The third-order valence-electron chi connectivity index (χ3n) is 7.29. The molecule has 1 aliphatic rings. The second-order valence-electron chi connectivity index (χ2n) is 10.5. The van der Waals surface area contributed by atoms with Crippen LogP contribution in [0.5, 0.6) is 17.2 Å². The van der Waals surface area contributed by atoms with E-state index in [2.05, 4.69) is 39.4 Å². The van der Waals surface area contributed by atoms with E-state index in [4.69, 9.17) is 31.2 Å². The predicted octanol–water partition coefficient (Wildman–Crippen LogP) is 5.70. The number of allylic oxidation sites excluding steroid dienone is 1. The van der Waals surface area contributed by atoms with E-state index in [-0.39, 0.29) is 13.2 Å². The molecule has 47 heavy (non-hydrogen) atoms. The molecule has 3 N–H and O–H groups in total. The number of nitrogens with one attached hydrogen (secondary N) is 3. The smallest absolute Gasteiger partial charge is 0.338 e. The number of carbonyl (C=O) groups excluding carboxylic acids is 2. The topological polar surface area (TPSA) is 120 Å². The average Bonchev–Trinajstić information content (AvgIpc) is 3.07. The van der Waals surface area contributed by atoms with Gasteiger partial charge in [0, 0.05) is 11.3 Å². The molecule has 0 saturated heterocycles. The van der Waals surface area contributed by atoms with Gasteiger partial charge in [0.2, 0.25) is 0 Å². The van der Waals surface area contributed by atoms with Crippen molar-refractivity contribution >= 4 is 46.2 Å². The van der Waals surface area contributed by atoms with E-state index < -0.39 is 17.9 Å². The number of rotatable bonds is 13. The highest BCUT2D eigenvalue weighted by Crippen LogP contribution is 2.34. The number of para-hydroxylation sites is 1. The van der Waals surface area contributed by atoms with Crippen molar-refractivity contribution in [3.05, 3.63) is 113 Å². The van der Waals surface area contributed by atoms with Crippen LogP contribution in [0.3, 0.4) is 0 Å². The fraction of sp³-hybridized carbons (Fsp3) is 0.222. The van der Waals surface area contributed by atoms with E-state index >= 15 is 0 Å². The molecular weight excluding hydrogens is 616 g/mol. The molecule has 4 aromatic carbocycles. The summed E-state index contributed by atoms with van der Waals surface area (Å²) in [5.41, 5.74) is 5.86. The number of amides is 1. The highest BCUT2D eigenvalue weighted by atomic mass is 32.1. The average molecular weight is 653 g/mol. The van der Waals surface area contributed by atoms with Crippen LogP contribution in [0.2, 0.25) is 0 Å². The van der Waals surface area contributed by atoms with Crippen LogP contribution < -0.4 is 30.3 Å². The van der Waals surface area contributed by atoms with Crippen molar-refractivity contribution in [1.82, 2.24) is 16.1 Å². The summed E-state index contributed by atoms with van der Waals surface area (Å²) in [6, 6.07) is 26.3. The van der Waals surface area contributed by atoms with Crippen molar-refractivity contribution in [2.75, 3.05) is 19.8 Å². The Balaban J connectivity index is 1.21. The molecule has 242 valence electrons. The highest BCUT2D eigenvalue weighted by molar-refractivity contribution is 7.80. The van der Waals surface area contributed by atoms with Gasteiger partial charge in [0.15, 0.2) is 23.2 Å². The third-order valence-corrected chi connectivity index (χ3v) is 7.51. The molecule has 0 bridgehead atoms. The summed E-state index contributed by atoms with van der Waals surface area (Å²) in [7, 11) is 0. The minimum absolute atomic E-state index is 0.225. The maximum Gasteiger partial charge on any atom is 0.338 e. The molecule has 0 spiro atoms. The Morgan fingerprint density at radius 3 is 2.51 bits per heavy atom. The zero-order chi connectivity index (χ0) is 33.2. The molecule has 1 heterocycles. The Morgan fingerprint density at radius 1 is 0.894 bits per heavy atom. The summed E-state index contributed by atoms with van der Waals surface area (Å²) in [5, 5.41) is 12.8. The Bertz CT molecular complexity index is 1830. The van der Waals surface area contributed by atoms with E-state index in [1.165, 1.54) is 6.21 Å². The zero-order valence-corrected chi connectivity index (χ0v) is 27.2. The Hall–Kier alpha value is -5.42. The lowest BCUT2D eigenvalue weighted by atomic mass is 9.95. The van der Waals surface area contributed by atoms with Crippen molar-refractivity contribution < 1.29 is 28.5 Å². The maximum absolute atomic E-state index is 12.8. The number of ether oxygens (including phenoxy) is 4. The number of carbonyl (C=O) groups is 2. The minimum atomic E-state index is -0.626. The quantitative estimate of drug-likeness (QED) is 0.0723. The standard InChI is InChI=1S/C36H36N4O6S/c1-4-43-31-19-24(17-18-30(31)45-21-26-13-10-12-25-11-6-7-14-27(25)26)20-37-40-32(41)22-46-29-16-9-8-15-28(29)34-33(35(42)44-5-2)23(3)38-36(47)39-34/h6-20,34H,4-5,21-22H2,1-3H3,(H,40,41)(H2,38,39,47)/t34-/m0/s1. The van der Waals surface area contributed by atoms with Crippen LogP contribution in [0.25, 0.3) is 10.8 Å². The van der Waals surface area contributed by atoms with Crippen molar-refractivity contribution in [2.45, 2.75) is 33.4 Å². The molecule has 5 rings (SSSR count). The summed E-state index contributed by atoms with van der Waals surface area (Å²) in [6.45, 7) is 6.15. The van der Waals surface area contributed by atoms with Gasteiger partial charge in [-0.2, -0.15) is 5.10 Å². The maximum atomic E-state index is 12.8. The normalized spacial score (nSPS) is 14.4. The van der Waals surface area contributed by atoms with Gasteiger partial charge < -0.3 is 29.6 Å². The second-order valence-corrected chi connectivity index (χ2v) is 10.9. The Labute approximate surface area is 278 Å². The molecule has 1 amide bonds. The van der Waals surface area contributed by atoms with Gasteiger partial charge in [0.25, 0.3) is 5.91 Å². The first kappa shape index (κ1) is 33.0. The lowest BCUT2D eigenvalue weighted by molar-refractivity contribution is -0.139. The summed E-state index contributed by atoms with van der Waals surface area (Å²) in [5.74, 6) is 0.635. The van der Waals surface area contributed by atoms with Crippen LogP contribution in [0.4, 0.5) is 0 Å². The molecule has 0 fully saturated rings. The van der Waals surface area contributed by atoms with E-state index in [0.717, 1.165) is 16.3 Å². The lowest BCUT2D eigenvalue weighted by Crippen LogP contribution is -2.45. The van der Waals surface area contributed by atoms with E-state index in [9.17, 15) is 9.59 Å². The van der Waals surface area contributed by atoms with Crippen LogP contribution in [-0.4, -0.2) is 43.0 Å². The van der Waals surface area contributed by atoms with E-state index in [1.54, 1.807) is 38.1 Å². The molecule has 0 aromatic heterocycles. The molecule has 0 saturated carbocycles. The fourth-order valence-electron chi connectivity index (χ4n) is 5.18. The van der Waals surface area contributed by atoms with E-state index in [1.807, 2.05) is 49.4 Å². The molecule has 0 aliphatic carbocycles. The van der Waals surface area contributed by atoms with Gasteiger partial charge in [-0.3, -0.25) is 4.79 Å². The number of thiocarbonyl (C=S) groups is 1. The number of benzene rings is 4. The Kier molecular flexibility index (Phi) is 11.0. The third kappa shape index (κ3) is 8.25. The number of hydrogen-bond acceptors (Lipinski definition) is 8. The van der Waals surface area contributed by atoms with Gasteiger partial charge in [-0.1, -0.05) is 60.7 Å². The first-order chi connectivity index (χ1) is 22.9. The summed E-state index contributed by atoms with van der Waals surface area (Å²) in [4.78, 5) is 25.5. The van der Waals surface area contributed by atoms with Gasteiger partial charge in [-0.15, -0.1) is 0 Å². The molecule has 1 aliphatic heterocycles. The van der Waals surface area contributed by atoms with Crippen LogP contribution >= 0.6 is 12.2 Å². The molecule has 0 radical (unpaired) electrons. The number of hydrogen-bond donors (Lipinski definition) is 3. The number of fused-ring (bicyclic) bond motifs is 1. The van der Waals surface area contributed by atoms with Crippen LogP contribution in [-0.2, 0) is 20.9 Å². The van der Waals surface area contributed by atoms with Gasteiger partial charge >= 0.3 is 5.97 Å². The number of esters is 1. The highest BCUT2D eigenvalue weighted by Gasteiger charge is 2.32. The second kappa shape index (κ2) is 15.7. The van der Waals surface area contributed by atoms with Crippen molar-refractivity contribution in [2.24, 2.45) is 5.10 Å². The lowest BCUT2D eigenvalue weighted by Gasteiger charge is -2.30. The molecule has 0 unspecified atom stereocenters. The Morgan fingerprint density at radius 2 is 1.68 bits per heavy atom. The summed E-state index contributed by atoms with van der Waals surface area (Å²) in [6.07, 6.45) is 1.52. The van der Waals surface area contributed by atoms with Gasteiger partial charge in [0.1, 0.15) is 12.4 Å². The van der Waals surface area contributed by atoms with Gasteiger partial charge in [-0.05, 0) is 79.2 Å². The largest absolute Gasteiger partial charge is 0.490 e.